The summed E-state index contributed by atoms with van der Waals surface area (Å²) in [6, 6.07) is -0.340. The van der Waals surface area contributed by atoms with Gasteiger partial charge >= 0.3 is 0 Å². The molecule has 1 spiro atoms. The van der Waals surface area contributed by atoms with Crippen molar-refractivity contribution < 1.29 is 23.8 Å². The molecule has 7 nitrogen and oxygen atoms in total. The zero-order chi connectivity index (χ0) is 22.6. The van der Waals surface area contributed by atoms with Crippen LogP contribution >= 0.6 is 11.6 Å². The van der Waals surface area contributed by atoms with Gasteiger partial charge in [0.25, 0.3) is 0 Å². The van der Waals surface area contributed by atoms with Crippen molar-refractivity contribution in [2.45, 2.75) is 93.4 Å². The molecule has 8 heteroatoms. The number of alkyl halides is 1. The van der Waals surface area contributed by atoms with Crippen molar-refractivity contribution in [2.75, 3.05) is 20.8 Å². The SMILES string of the molecule is COC1CC(OC)C2C(=O)[C@@]3(OC2C1Cl)C1NC(C2CCCCC2)NCC1C(=O)C[C@H]3C. The van der Waals surface area contributed by atoms with Crippen molar-refractivity contribution in [2.24, 2.45) is 23.7 Å². The maximum Gasteiger partial charge on any atom is 0.174 e. The molecule has 5 aliphatic rings. The second kappa shape index (κ2) is 8.90. The molecule has 0 aromatic heterocycles. The van der Waals surface area contributed by atoms with Crippen LogP contribution in [0.15, 0.2) is 0 Å². The summed E-state index contributed by atoms with van der Waals surface area (Å²) in [6.07, 6.45) is 6.10. The Morgan fingerprint density at radius 3 is 2.50 bits per heavy atom. The lowest BCUT2D eigenvalue weighted by molar-refractivity contribution is -0.171. The second-order valence-electron chi connectivity index (χ2n) is 10.6. The van der Waals surface area contributed by atoms with Crippen LogP contribution in [-0.2, 0) is 23.8 Å². The molecule has 2 heterocycles. The molecule has 5 fully saturated rings. The molecule has 2 aliphatic heterocycles. The van der Waals surface area contributed by atoms with E-state index >= 15 is 0 Å². The van der Waals surface area contributed by atoms with Crippen molar-refractivity contribution in [1.82, 2.24) is 10.6 Å². The molecule has 2 N–H and O–H groups in total. The zero-order valence-corrected chi connectivity index (χ0v) is 20.1. The summed E-state index contributed by atoms with van der Waals surface area (Å²) in [5.74, 6) is -0.144. The summed E-state index contributed by atoms with van der Waals surface area (Å²) in [6.45, 7) is 2.58. The van der Waals surface area contributed by atoms with Gasteiger partial charge < -0.3 is 19.5 Å². The molecular weight excluding hydrogens is 432 g/mol. The van der Waals surface area contributed by atoms with E-state index in [4.69, 9.17) is 25.8 Å². The predicted molar refractivity (Wildman–Crippen MR) is 120 cm³/mol. The number of ether oxygens (including phenoxy) is 3. The maximum absolute atomic E-state index is 14.2. The predicted octanol–water partition coefficient (Wildman–Crippen LogP) is 2.04. The van der Waals surface area contributed by atoms with E-state index < -0.39 is 23.0 Å². The fourth-order valence-corrected chi connectivity index (χ4v) is 7.74. The fourth-order valence-electron chi connectivity index (χ4n) is 7.33. The van der Waals surface area contributed by atoms with Crippen LogP contribution in [0.25, 0.3) is 0 Å². The Morgan fingerprint density at radius 2 is 1.81 bits per heavy atom. The van der Waals surface area contributed by atoms with Crippen LogP contribution < -0.4 is 10.6 Å². The second-order valence-corrected chi connectivity index (χ2v) is 11.1. The van der Waals surface area contributed by atoms with Crippen LogP contribution in [0.2, 0.25) is 0 Å². The molecule has 0 aromatic carbocycles. The Balaban J connectivity index is 1.49. The lowest BCUT2D eigenvalue weighted by atomic mass is 9.62. The highest BCUT2D eigenvalue weighted by atomic mass is 35.5. The van der Waals surface area contributed by atoms with Crippen molar-refractivity contribution in [1.29, 1.82) is 0 Å². The molecule has 10 atom stereocenters. The molecule has 32 heavy (non-hydrogen) atoms. The fraction of sp³-hybridized carbons (Fsp3) is 0.917. The first kappa shape index (κ1) is 23.2. The van der Waals surface area contributed by atoms with Crippen LogP contribution in [-0.4, -0.2) is 73.8 Å². The van der Waals surface area contributed by atoms with Crippen LogP contribution in [0.4, 0.5) is 0 Å². The first-order valence-corrected chi connectivity index (χ1v) is 12.8. The first-order valence-electron chi connectivity index (χ1n) is 12.4. The van der Waals surface area contributed by atoms with Gasteiger partial charge in [-0.1, -0.05) is 26.2 Å². The van der Waals surface area contributed by atoms with Gasteiger partial charge in [-0.05, 0) is 18.8 Å². The molecule has 3 saturated carbocycles. The highest BCUT2D eigenvalue weighted by molar-refractivity contribution is 6.22. The number of hydrogen-bond donors (Lipinski definition) is 2. The Hall–Kier alpha value is -0.570. The van der Waals surface area contributed by atoms with Crippen molar-refractivity contribution in [3.05, 3.63) is 0 Å². The smallest absolute Gasteiger partial charge is 0.174 e. The summed E-state index contributed by atoms with van der Waals surface area (Å²) >= 11 is 6.82. The molecule has 0 radical (unpaired) electrons. The number of methoxy groups -OCH3 is 2. The van der Waals surface area contributed by atoms with Gasteiger partial charge in [-0.2, -0.15) is 0 Å². The van der Waals surface area contributed by atoms with Gasteiger partial charge in [0.1, 0.15) is 11.4 Å². The topological polar surface area (TPSA) is 85.9 Å². The number of Topliss-reactive ketones (excluding diaryl/α,β-unsaturated/α-hetero) is 2. The van der Waals surface area contributed by atoms with Gasteiger partial charge in [0.2, 0.25) is 0 Å². The number of rotatable bonds is 3. The largest absolute Gasteiger partial charge is 0.380 e. The maximum atomic E-state index is 14.2. The molecule has 180 valence electrons. The van der Waals surface area contributed by atoms with Crippen molar-refractivity contribution in [3.8, 4) is 0 Å². The van der Waals surface area contributed by atoms with E-state index in [2.05, 4.69) is 10.6 Å². The zero-order valence-electron chi connectivity index (χ0n) is 19.3. The Morgan fingerprint density at radius 1 is 1.09 bits per heavy atom. The van der Waals surface area contributed by atoms with E-state index in [0.29, 0.717) is 25.3 Å². The number of hydrogen-bond acceptors (Lipinski definition) is 7. The minimum absolute atomic E-state index is 0.0568. The molecule has 5 rings (SSSR count). The summed E-state index contributed by atoms with van der Waals surface area (Å²) in [5, 5.41) is 6.90. The van der Waals surface area contributed by atoms with Gasteiger partial charge in [-0.15, -0.1) is 11.6 Å². The average molecular weight is 469 g/mol. The summed E-state index contributed by atoms with van der Waals surface area (Å²) in [5.41, 5.74) is -1.06. The highest BCUT2D eigenvalue weighted by Crippen LogP contribution is 2.52. The Labute approximate surface area is 195 Å². The minimum atomic E-state index is -1.06. The molecule has 0 amide bonds. The van der Waals surface area contributed by atoms with E-state index in [1.165, 1.54) is 32.1 Å². The number of nitrogens with one attached hydrogen (secondary N) is 2. The monoisotopic (exact) mass is 468 g/mol. The third kappa shape index (κ3) is 3.42. The number of carbonyl (C=O) groups is 2. The lowest BCUT2D eigenvalue weighted by Gasteiger charge is -2.53. The molecule has 0 aromatic rings. The van der Waals surface area contributed by atoms with E-state index in [-0.39, 0.29) is 47.8 Å². The molecule has 8 unspecified atom stereocenters. The van der Waals surface area contributed by atoms with Gasteiger partial charge in [0, 0.05) is 45.4 Å². The van der Waals surface area contributed by atoms with Crippen molar-refractivity contribution >= 4 is 23.2 Å². The van der Waals surface area contributed by atoms with E-state index in [0.717, 1.165) is 0 Å². The lowest BCUT2D eigenvalue weighted by Crippen LogP contribution is -2.75. The number of carbonyl (C=O) groups excluding carboxylic acids is 2. The first-order chi connectivity index (χ1) is 15.4. The third-order valence-corrected chi connectivity index (χ3v) is 9.60. The standard InChI is InChI=1S/C24H37ClN2O5/c1-12-9-15(28)14-11-26-23(13-7-5-4-6-8-13)27-21(14)24(12)22(29)18-16(30-2)10-17(31-3)19(25)20(18)32-24/h12-14,16-21,23,26-27H,4-11H2,1-3H3/t12-,14?,16?,17?,18?,19?,20?,21?,23?,24+/m1/s1. The quantitative estimate of drug-likeness (QED) is 0.613. The molecule has 3 aliphatic carbocycles. The molecule has 0 bridgehead atoms. The summed E-state index contributed by atoms with van der Waals surface area (Å²) in [7, 11) is 3.28. The average Bonchev–Trinajstić information content (AvgIpc) is 3.13. The van der Waals surface area contributed by atoms with Crippen LogP contribution in [0.5, 0.6) is 0 Å². The van der Waals surface area contributed by atoms with Crippen LogP contribution in [0.3, 0.4) is 0 Å². The van der Waals surface area contributed by atoms with Crippen LogP contribution in [0, 0.1) is 23.7 Å². The van der Waals surface area contributed by atoms with Crippen molar-refractivity contribution in [3.63, 3.8) is 0 Å². The summed E-state index contributed by atoms with van der Waals surface area (Å²) in [4.78, 5) is 27.3. The van der Waals surface area contributed by atoms with Gasteiger partial charge in [-0.3, -0.25) is 14.9 Å². The van der Waals surface area contributed by atoms with E-state index in [1.54, 1.807) is 14.2 Å². The molecular formula is C24H37ClN2O5. The van der Waals surface area contributed by atoms with Gasteiger partial charge in [0.15, 0.2) is 5.78 Å². The molecule has 2 saturated heterocycles. The third-order valence-electron chi connectivity index (χ3n) is 9.07. The van der Waals surface area contributed by atoms with Crippen LogP contribution in [0.1, 0.15) is 51.9 Å². The Kier molecular flexibility index (Phi) is 6.45. The van der Waals surface area contributed by atoms with E-state index in [1.807, 2.05) is 6.92 Å². The van der Waals surface area contributed by atoms with E-state index in [9.17, 15) is 9.59 Å². The number of fused-ring (bicyclic) bond motifs is 3. The number of halogens is 1. The Bertz CT molecular complexity index is 746. The minimum Gasteiger partial charge on any atom is -0.380 e. The van der Waals surface area contributed by atoms with Gasteiger partial charge in [0.05, 0.1) is 41.8 Å². The number of ketones is 2. The van der Waals surface area contributed by atoms with Gasteiger partial charge in [-0.25, -0.2) is 0 Å². The highest BCUT2D eigenvalue weighted by Gasteiger charge is 2.69. The normalized spacial score (nSPS) is 49.8. The summed E-state index contributed by atoms with van der Waals surface area (Å²) < 4.78 is 18.1.